The largest absolute Gasteiger partial charge is 0.497 e. The second kappa shape index (κ2) is 10.9. The number of nitrogens with one attached hydrogen (secondary N) is 1. The number of halogens is 1. The molecular weight excluding hydrogens is 572 g/mol. The van der Waals surface area contributed by atoms with Crippen LogP contribution in [-0.2, 0) is 13.0 Å². The number of hydrogen-bond donors (Lipinski definition) is 1. The van der Waals surface area contributed by atoms with E-state index in [9.17, 15) is 0 Å². The predicted molar refractivity (Wildman–Crippen MR) is 164 cm³/mol. The maximum atomic E-state index is 6.11. The van der Waals surface area contributed by atoms with Gasteiger partial charge < -0.3 is 19.4 Å². The van der Waals surface area contributed by atoms with E-state index in [4.69, 9.17) is 26.8 Å². The molecule has 0 saturated heterocycles. The third kappa shape index (κ3) is 4.83. The lowest BCUT2D eigenvalue weighted by Gasteiger charge is -2.13. The summed E-state index contributed by atoms with van der Waals surface area (Å²) in [5.41, 5.74) is 7.49. The Morgan fingerprint density at radius 1 is 0.949 bits per heavy atom. The van der Waals surface area contributed by atoms with Crippen LogP contribution in [0.4, 0.5) is 5.69 Å². The van der Waals surface area contributed by atoms with Crippen molar-refractivity contribution in [1.29, 1.82) is 0 Å². The van der Waals surface area contributed by atoms with Crippen molar-refractivity contribution in [3.05, 3.63) is 88.5 Å². The van der Waals surface area contributed by atoms with Gasteiger partial charge in [-0.3, -0.25) is 0 Å². The highest BCUT2D eigenvalue weighted by atomic mass is 79.9. The second-order valence-electron chi connectivity index (χ2n) is 9.52. The number of aryl methyl sites for hydroxylation is 2. The summed E-state index contributed by atoms with van der Waals surface area (Å²) >= 11 is 9.67. The first-order valence-electron chi connectivity index (χ1n) is 13.2. The number of aromatic nitrogens is 3. The maximum Gasteiger partial charge on any atom is 0.162 e. The second-order valence-corrected chi connectivity index (χ2v) is 10.8. The van der Waals surface area contributed by atoms with E-state index in [1.165, 1.54) is 5.56 Å². The van der Waals surface area contributed by atoms with E-state index in [2.05, 4.69) is 66.7 Å². The summed E-state index contributed by atoms with van der Waals surface area (Å²) in [6.07, 6.45) is 3.15. The Morgan fingerprint density at radius 3 is 2.33 bits per heavy atom. The highest BCUT2D eigenvalue weighted by Gasteiger charge is 2.29. The molecule has 0 radical (unpaired) electrons. The van der Waals surface area contributed by atoms with Crippen molar-refractivity contribution in [1.82, 2.24) is 14.2 Å². The predicted octanol–water partition coefficient (Wildman–Crippen LogP) is 7.76. The van der Waals surface area contributed by atoms with Crippen LogP contribution in [-0.4, -0.2) is 32.9 Å². The molecular formula is C31H29BrN4O2S. The van der Waals surface area contributed by atoms with Gasteiger partial charge in [0.25, 0.3) is 0 Å². The Hall–Kier alpha value is -3.62. The van der Waals surface area contributed by atoms with Crippen LogP contribution in [0, 0.1) is 0 Å². The molecule has 6 rings (SSSR count). The minimum Gasteiger partial charge on any atom is -0.497 e. The molecule has 0 aliphatic carbocycles. The van der Waals surface area contributed by atoms with Gasteiger partial charge in [0, 0.05) is 33.4 Å². The maximum absolute atomic E-state index is 6.11. The van der Waals surface area contributed by atoms with Crippen molar-refractivity contribution in [2.45, 2.75) is 32.7 Å². The zero-order valence-corrected chi connectivity index (χ0v) is 24.3. The molecule has 2 aromatic heterocycles. The van der Waals surface area contributed by atoms with Gasteiger partial charge in [-0.25, -0.2) is 4.52 Å². The normalized spacial score (nSPS) is 12.8. The summed E-state index contributed by atoms with van der Waals surface area (Å²) in [6.45, 7) is 3.52. The average Bonchev–Trinajstić information content (AvgIpc) is 3.37. The fourth-order valence-electron chi connectivity index (χ4n) is 5.32. The van der Waals surface area contributed by atoms with Crippen LogP contribution in [0.1, 0.15) is 31.0 Å². The lowest BCUT2D eigenvalue weighted by Crippen LogP contribution is -2.15. The van der Waals surface area contributed by atoms with E-state index in [1.807, 2.05) is 43.3 Å². The van der Waals surface area contributed by atoms with Gasteiger partial charge in [0.2, 0.25) is 0 Å². The Bertz CT molecular complexity index is 1640. The topological polar surface area (TPSA) is 52.7 Å². The first-order valence-corrected chi connectivity index (χ1v) is 14.4. The van der Waals surface area contributed by atoms with Crippen molar-refractivity contribution < 1.29 is 9.47 Å². The summed E-state index contributed by atoms with van der Waals surface area (Å²) in [7, 11) is 1.69. The molecule has 8 heteroatoms. The number of rotatable bonds is 7. The van der Waals surface area contributed by atoms with Crippen molar-refractivity contribution in [2.24, 2.45) is 0 Å². The Kier molecular flexibility index (Phi) is 7.14. The van der Waals surface area contributed by atoms with Gasteiger partial charge in [0.05, 0.1) is 13.7 Å². The number of nitrogens with zero attached hydrogens (tertiary/aromatic N) is 3. The number of hydrogen-bond acceptors (Lipinski definition) is 4. The first kappa shape index (κ1) is 25.6. The third-order valence-corrected chi connectivity index (χ3v) is 7.93. The standard InChI is InChI=1S/C31H29BrN4O2S/c1-3-38-25-17-13-23(14-18-25)33-30(39)28-27(20-9-15-24(37-2)16-10-20)26-6-4-5-19-35-29(34-36(28)31(26)35)21-7-11-22(32)12-8-21/h7-18H,3-6,19H2,1-2H3,(H,33,39). The molecule has 6 nitrogen and oxygen atoms in total. The fourth-order valence-corrected chi connectivity index (χ4v) is 5.89. The van der Waals surface area contributed by atoms with Gasteiger partial charge in [-0.2, -0.15) is 0 Å². The minimum absolute atomic E-state index is 0.624. The Balaban J connectivity index is 1.53. The van der Waals surface area contributed by atoms with Crippen LogP contribution in [0.2, 0.25) is 0 Å². The summed E-state index contributed by atoms with van der Waals surface area (Å²) in [6, 6.07) is 24.5. The lowest BCUT2D eigenvalue weighted by molar-refractivity contribution is 0.340. The molecule has 0 amide bonds. The summed E-state index contributed by atoms with van der Waals surface area (Å²) in [4.78, 5) is 0.624. The van der Waals surface area contributed by atoms with Crippen molar-refractivity contribution in [2.75, 3.05) is 19.0 Å². The van der Waals surface area contributed by atoms with Crippen molar-refractivity contribution >= 4 is 44.5 Å². The fraction of sp³-hybridized carbons (Fsp3) is 0.226. The SMILES string of the molecule is CCOc1ccc(NC(=S)c2c(-c3ccc(OC)cc3)c3c4n(c(-c5ccc(Br)cc5)nn24)CCCC3)cc1. The minimum atomic E-state index is 0.624. The van der Waals surface area contributed by atoms with Gasteiger partial charge in [-0.05, 0) is 80.3 Å². The molecule has 0 spiro atoms. The highest BCUT2D eigenvalue weighted by Crippen LogP contribution is 2.39. The van der Waals surface area contributed by atoms with Gasteiger partial charge >= 0.3 is 0 Å². The van der Waals surface area contributed by atoms with Gasteiger partial charge in [-0.15, -0.1) is 5.10 Å². The molecule has 0 unspecified atom stereocenters. The third-order valence-electron chi connectivity index (χ3n) is 7.10. The lowest BCUT2D eigenvalue weighted by atomic mass is 9.98. The molecule has 3 heterocycles. The summed E-state index contributed by atoms with van der Waals surface area (Å²) in [5.74, 6) is 2.61. The van der Waals surface area contributed by atoms with Crippen LogP contribution in [0.15, 0.2) is 77.3 Å². The number of methoxy groups -OCH3 is 1. The first-order chi connectivity index (χ1) is 19.1. The van der Waals surface area contributed by atoms with Crippen LogP contribution in [0.5, 0.6) is 11.5 Å². The molecule has 0 saturated carbocycles. The monoisotopic (exact) mass is 600 g/mol. The van der Waals surface area contributed by atoms with E-state index in [0.717, 1.165) is 81.3 Å². The Morgan fingerprint density at radius 2 is 1.64 bits per heavy atom. The zero-order chi connectivity index (χ0) is 26.9. The molecule has 0 atom stereocenters. The van der Waals surface area contributed by atoms with Gasteiger partial charge in [-0.1, -0.05) is 52.4 Å². The molecule has 1 N–H and O–H groups in total. The molecule has 198 valence electrons. The van der Waals surface area contributed by atoms with E-state index < -0.39 is 0 Å². The van der Waals surface area contributed by atoms with E-state index in [0.29, 0.717) is 11.6 Å². The average molecular weight is 602 g/mol. The molecule has 1 aliphatic rings. The Labute approximate surface area is 241 Å². The number of benzene rings is 3. The number of anilines is 1. The molecule has 0 bridgehead atoms. The van der Waals surface area contributed by atoms with E-state index in [-0.39, 0.29) is 0 Å². The van der Waals surface area contributed by atoms with Crippen molar-refractivity contribution in [3.63, 3.8) is 0 Å². The van der Waals surface area contributed by atoms with E-state index in [1.54, 1.807) is 7.11 Å². The van der Waals surface area contributed by atoms with Crippen molar-refractivity contribution in [3.8, 4) is 34.0 Å². The van der Waals surface area contributed by atoms with Crippen LogP contribution < -0.4 is 14.8 Å². The molecule has 5 aromatic rings. The zero-order valence-electron chi connectivity index (χ0n) is 21.9. The molecule has 3 aromatic carbocycles. The van der Waals surface area contributed by atoms with Crippen LogP contribution >= 0.6 is 28.1 Å². The van der Waals surface area contributed by atoms with Gasteiger partial charge in [0.15, 0.2) is 5.82 Å². The van der Waals surface area contributed by atoms with Crippen LogP contribution in [0.3, 0.4) is 0 Å². The van der Waals surface area contributed by atoms with Crippen LogP contribution in [0.25, 0.3) is 28.2 Å². The number of thiocarbonyl (C=S) groups is 1. The summed E-state index contributed by atoms with van der Waals surface area (Å²) in [5, 5.41) is 8.68. The smallest absolute Gasteiger partial charge is 0.162 e. The highest BCUT2D eigenvalue weighted by molar-refractivity contribution is 9.10. The molecule has 0 fully saturated rings. The molecule has 39 heavy (non-hydrogen) atoms. The summed E-state index contributed by atoms with van der Waals surface area (Å²) < 4.78 is 16.5. The number of ether oxygens (including phenoxy) is 2. The van der Waals surface area contributed by atoms with E-state index >= 15 is 0 Å². The molecule has 1 aliphatic heterocycles. The quantitative estimate of drug-likeness (QED) is 0.193. The van der Waals surface area contributed by atoms with Gasteiger partial charge in [0.1, 0.15) is 27.8 Å².